The second-order valence-corrected chi connectivity index (χ2v) is 9.96. The number of hydrogen-bond donors (Lipinski definition) is 0. The fourth-order valence-electron chi connectivity index (χ4n) is 4.37. The molecule has 0 aliphatic heterocycles. The molecule has 0 radical (unpaired) electrons. The van der Waals surface area contributed by atoms with Crippen molar-refractivity contribution >= 4 is 31.5 Å². The number of halogens is 2. The molecule has 35 heavy (non-hydrogen) atoms. The molecule has 6 aromatic rings. The lowest BCUT2D eigenvalue weighted by atomic mass is 9.85. The van der Waals surface area contributed by atoms with Crippen LogP contribution in [0.3, 0.4) is 0 Å². The SMILES string of the molecule is CC(C)(c1cccc(-c2ccc(F)nc2F)n1)c1ccn(-c2cccc3c2sc2ccccc23)n1. The highest BCUT2D eigenvalue weighted by molar-refractivity contribution is 7.26. The second kappa shape index (κ2) is 8.06. The quantitative estimate of drug-likeness (QED) is 0.248. The maximum absolute atomic E-state index is 14.3. The first-order chi connectivity index (χ1) is 16.9. The molecule has 2 aromatic carbocycles. The minimum Gasteiger partial charge on any atom is -0.252 e. The summed E-state index contributed by atoms with van der Waals surface area (Å²) in [7, 11) is 0. The van der Waals surface area contributed by atoms with Crippen LogP contribution in [0.15, 0.2) is 85.1 Å². The first-order valence-electron chi connectivity index (χ1n) is 11.2. The molecule has 4 nitrogen and oxygen atoms in total. The van der Waals surface area contributed by atoms with Gasteiger partial charge in [-0.3, -0.25) is 4.98 Å². The largest absolute Gasteiger partial charge is 0.252 e. The van der Waals surface area contributed by atoms with E-state index in [0.29, 0.717) is 5.69 Å². The molecule has 0 fully saturated rings. The summed E-state index contributed by atoms with van der Waals surface area (Å²) >= 11 is 1.76. The summed E-state index contributed by atoms with van der Waals surface area (Å²) in [5, 5.41) is 7.38. The van der Waals surface area contributed by atoms with Crippen molar-refractivity contribution in [1.29, 1.82) is 0 Å². The Morgan fingerprint density at radius 1 is 0.771 bits per heavy atom. The van der Waals surface area contributed by atoms with Gasteiger partial charge < -0.3 is 0 Å². The molecule has 0 saturated heterocycles. The van der Waals surface area contributed by atoms with E-state index in [9.17, 15) is 8.78 Å². The molecule has 0 aliphatic carbocycles. The molecule has 0 amide bonds. The number of nitrogens with zero attached hydrogens (tertiary/aromatic N) is 4. The van der Waals surface area contributed by atoms with Crippen LogP contribution in [-0.4, -0.2) is 19.7 Å². The highest BCUT2D eigenvalue weighted by Gasteiger charge is 2.28. The van der Waals surface area contributed by atoms with Gasteiger partial charge in [-0.15, -0.1) is 11.3 Å². The van der Waals surface area contributed by atoms with Crippen molar-refractivity contribution < 1.29 is 8.78 Å². The monoisotopic (exact) mass is 482 g/mol. The Kier molecular flexibility index (Phi) is 4.96. The summed E-state index contributed by atoms with van der Waals surface area (Å²) < 4.78 is 31.9. The van der Waals surface area contributed by atoms with Crippen molar-refractivity contribution in [2.45, 2.75) is 19.3 Å². The lowest BCUT2D eigenvalue weighted by Gasteiger charge is -2.22. The van der Waals surface area contributed by atoms with Crippen LogP contribution in [0, 0.1) is 11.9 Å². The summed E-state index contributed by atoms with van der Waals surface area (Å²) in [4.78, 5) is 7.98. The molecular formula is C28H20F2N4S. The van der Waals surface area contributed by atoms with E-state index in [1.807, 2.05) is 42.9 Å². The highest BCUT2D eigenvalue weighted by atomic mass is 32.1. The lowest BCUT2D eigenvalue weighted by molar-refractivity contribution is 0.514. The fraction of sp³-hybridized carbons (Fsp3) is 0.107. The molecule has 0 aliphatic rings. The fourth-order valence-corrected chi connectivity index (χ4v) is 5.58. The molecule has 0 atom stereocenters. The van der Waals surface area contributed by atoms with Crippen LogP contribution in [0.5, 0.6) is 0 Å². The topological polar surface area (TPSA) is 43.6 Å². The second-order valence-electron chi connectivity index (χ2n) is 8.90. The number of pyridine rings is 2. The summed E-state index contributed by atoms with van der Waals surface area (Å²) in [6.45, 7) is 4.07. The molecule has 0 spiro atoms. The highest BCUT2D eigenvalue weighted by Crippen LogP contribution is 2.38. The number of thiophene rings is 1. The Labute approximate surface area is 204 Å². The lowest BCUT2D eigenvalue weighted by Crippen LogP contribution is -2.22. The van der Waals surface area contributed by atoms with Crippen LogP contribution >= 0.6 is 11.3 Å². The Hall–Kier alpha value is -3.97. The van der Waals surface area contributed by atoms with Gasteiger partial charge in [0.05, 0.1) is 38.4 Å². The van der Waals surface area contributed by atoms with E-state index in [1.54, 1.807) is 17.4 Å². The zero-order chi connectivity index (χ0) is 24.2. The minimum atomic E-state index is -0.881. The Morgan fingerprint density at radius 3 is 2.43 bits per heavy atom. The van der Waals surface area contributed by atoms with E-state index in [0.717, 1.165) is 23.1 Å². The Bertz CT molecular complexity index is 1720. The van der Waals surface area contributed by atoms with E-state index in [-0.39, 0.29) is 5.56 Å². The van der Waals surface area contributed by atoms with Gasteiger partial charge in [0.25, 0.3) is 0 Å². The van der Waals surface area contributed by atoms with Crippen LogP contribution < -0.4 is 0 Å². The van der Waals surface area contributed by atoms with Gasteiger partial charge in [-0.1, -0.05) is 36.4 Å². The first kappa shape index (κ1) is 21.6. The number of hydrogen-bond acceptors (Lipinski definition) is 4. The van der Waals surface area contributed by atoms with Crippen molar-refractivity contribution in [1.82, 2.24) is 19.7 Å². The average Bonchev–Trinajstić information content (AvgIpc) is 3.50. The van der Waals surface area contributed by atoms with Crippen LogP contribution in [0.25, 0.3) is 37.1 Å². The van der Waals surface area contributed by atoms with E-state index in [1.165, 1.54) is 26.2 Å². The van der Waals surface area contributed by atoms with Crippen molar-refractivity contribution in [2.24, 2.45) is 0 Å². The van der Waals surface area contributed by atoms with Gasteiger partial charge in [-0.05, 0) is 56.3 Å². The molecule has 7 heteroatoms. The predicted molar refractivity (Wildman–Crippen MR) is 136 cm³/mol. The summed E-state index contributed by atoms with van der Waals surface area (Å²) in [5.74, 6) is -1.74. The molecule has 0 N–H and O–H groups in total. The first-order valence-corrected chi connectivity index (χ1v) is 12.0. The van der Waals surface area contributed by atoms with Crippen LogP contribution in [0.2, 0.25) is 0 Å². The van der Waals surface area contributed by atoms with Gasteiger partial charge in [0.2, 0.25) is 11.9 Å². The summed E-state index contributed by atoms with van der Waals surface area (Å²) in [5.41, 5.74) is 2.58. The molecule has 4 heterocycles. The number of rotatable bonds is 4. The molecule has 4 aromatic heterocycles. The van der Waals surface area contributed by atoms with E-state index < -0.39 is 17.3 Å². The normalized spacial score (nSPS) is 12.0. The molecule has 0 unspecified atom stereocenters. The third-order valence-electron chi connectivity index (χ3n) is 6.34. The van der Waals surface area contributed by atoms with Crippen molar-refractivity contribution in [2.75, 3.05) is 0 Å². The van der Waals surface area contributed by atoms with Gasteiger partial charge >= 0.3 is 0 Å². The van der Waals surface area contributed by atoms with Crippen molar-refractivity contribution in [3.8, 4) is 16.9 Å². The van der Waals surface area contributed by atoms with Gasteiger partial charge in [-0.25, -0.2) is 4.68 Å². The zero-order valence-electron chi connectivity index (χ0n) is 19.0. The van der Waals surface area contributed by atoms with E-state index >= 15 is 0 Å². The van der Waals surface area contributed by atoms with Gasteiger partial charge in [-0.2, -0.15) is 18.9 Å². The molecule has 0 saturated carbocycles. The maximum atomic E-state index is 14.3. The number of fused-ring (bicyclic) bond motifs is 3. The van der Waals surface area contributed by atoms with Gasteiger partial charge in [0, 0.05) is 21.7 Å². The molecule has 6 rings (SSSR count). The van der Waals surface area contributed by atoms with Crippen molar-refractivity contribution in [3.63, 3.8) is 0 Å². The average molecular weight is 483 g/mol. The Balaban J connectivity index is 1.41. The van der Waals surface area contributed by atoms with Crippen molar-refractivity contribution in [3.05, 3.63) is 108 Å². The van der Waals surface area contributed by atoms with E-state index in [4.69, 9.17) is 10.1 Å². The van der Waals surface area contributed by atoms with Crippen LogP contribution in [-0.2, 0) is 5.41 Å². The number of aromatic nitrogens is 4. The van der Waals surface area contributed by atoms with E-state index in [2.05, 4.69) is 47.4 Å². The third-order valence-corrected chi connectivity index (χ3v) is 7.55. The minimum absolute atomic E-state index is 0.158. The third kappa shape index (κ3) is 3.59. The molecule has 0 bridgehead atoms. The van der Waals surface area contributed by atoms with Gasteiger partial charge in [0.15, 0.2) is 0 Å². The Morgan fingerprint density at radius 2 is 1.57 bits per heavy atom. The van der Waals surface area contributed by atoms with Gasteiger partial charge in [0.1, 0.15) is 0 Å². The predicted octanol–water partition coefficient (Wildman–Crippen LogP) is 7.30. The maximum Gasteiger partial charge on any atom is 0.224 e. The summed E-state index contributed by atoms with van der Waals surface area (Å²) in [6.07, 6.45) is 1.96. The standard InChI is InChI=1S/C28H20F2N4S/c1-28(2,23-12-6-9-20(31-23)19-13-14-25(29)32-27(19)30)24-15-16-34(33-24)21-10-5-8-18-17-7-3-4-11-22(17)35-26(18)21/h3-16H,1-2H3. The van der Waals surface area contributed by atoms with Crippen LogP contribution in [0.4, 0.5) is 8.78 Å². The summed E-state index contributed by atoms with van der Waals surface area (Å²) in [6, 6.07) is 24.6. The molecular weight excluding hydrogens is 462 g/mol. The number of benzene rings is 2. The zero-order valence-corrected chi connectivity index (χ0v) is 19.9. The smallest absolute Gasteiger partial charge is 0.224 e. The molecule has 172 valence electrons. The van der Waals surface area contributed by atoms with Crippen LogP contribution in [0.1, 0.15) is 25.2 Å².